The van der Waals surface area contributed by atoms with Gasteiger partial charge in [-0.15, -0.1) is 11.3 Å². The third kappa shape index (κ3) is 4.45. The number of aromatic nitrogens is 2. The molecule has 2 aromatic heterocycles. The number of benzene rings is 2. The fourth-order valence-corrected chi connectivity index (χ4v) is 5.31. The Labute approximate surface area is 206 Å². The Morgan fingerprint density at radius 2 is 1.85 bits per heavy atom. The maximum atomic E-state index is 13.4. The van der Waals surface area contributed by atoms with Gasteiger partial charge in [-0.2, -0.15) is 0 Å². The van der Waals surface area contributed by atoms with Crippen molar-refractivity contribution in [2.24, 2.45) is 5.92 Å². The molecule has 0 saturated carbocycles. The number of aryl methyl sites for hydroxylation is 1. The van der Waals surface area contributed by atoms with Crippen molar-refractivity contribution < 1.29 is 4.79 Å². The third-order valence-electron chi connectivity index (χ3n) is 6.31. The Balaban J connectivity index is 1.35. The topological polar surface area (TPSA) is 67.2 Å². The molecule has 3 heterocycles. The van der Waals surface area contributed by atoms with Crippen LogP contribution < -0.4 is 15.8 Å². The van der Waals surface area contributed by atoms with Crippen LogP contribution in [0.5, 0.6) is 0 Å². The molecule has 174 valence electrons. The van der Waals surface area contributed by atoms with Crippen molar-refractivity contribution in [2.45, 2.75) is 26.3 Å². The average Bonchev–Trinajstić information content (AvgIpc) is 3.33. The minimum Gasteiger partial charge on any atom is -0.352 e. The molecular formula is C26H25ClN4O2S. The van der Waals surface area contributed by atoms with Gasteiger partial charge >= 0.3 is 0 Å². The molecule has 0 spiro atoms. The van der Waals surface area contributed by atoms with Gasteiger partial charge in [-0.1, -0.05) is 47.5 Å². The van der Waals surface area contributed by atoms with Gasteiger partial charge in [0.2, 0.25) is 11.9 Å². The first-order valence-corrected chi connectivity index (χ1v) is 12.6. The van der Waals surface area contributed by atoms with Gasteiger partial charge in [-0.3, -0.25) is 9.59 Å². The van der Waals surface area contributed by atoms with Crippen LogP contribution in [0.4, 0.5) is 5.95 Å². The fraction of sp³-hybridized carbons (Fsp3) is 0.269. The Morgan fingerprint density at radius 1 is 1.12 bits per heavy atom. The Kier molecular flexibility index (Phi) is 6.39. The lowest BCUT2D eigenvalue weighted by atomic mass is 9.96. The van der Waals surface area contributed by atoms with E-state index in [0.717, 1.165) is 16.8 Å². The second kappa shape index (κ2) is 9.60. The molecule has 1 aliphatic heterocycles. The van der Waals surface area contributed by atoms with Gasteiger partial charge < -0.3 is 10.2 Å². The largest absolute Gasteiger partial charge is 0.352 e. The molecule has 2 aromatic carbocycles. The molecule has 6 nitrogen and oxygen atoms in total. The molecule has 8 heteroatoms. The number of anilines is 1. The van der Waals surface area contributed by atoms with E-state index < -0.39 is 0 Å². The standard InChI is InChI=1S/C26H25ClN4O2S/c1-17-6-8-20(9-7-17)31-25(33)23-22(12-15-34-23)29-26(31)30-13-10-18(11-14-30)24(32)28-16-19-4-2-3-5-21(19)27/h2-9,12,15,18H,10-11,13-14,16H2,1H3,(H,28,32). The highest BCUT2D eigenvalue weighted by Gasteiger charge is 2.28. The summed E-state index contributed by atoms with van der Waals surface area (Å²) in [4.78, 5) is 33.2. The van der Waals surface area contributed by atoms with E-state index in [9.17, 15) is 9.59 Å². The second-order valence-corrected chi connectivity index (χ2v) is 9.92. The number of fused-ring (bicyclic) bond motifs is 1. The number of thiophene rings is 1. The summed E-state index contributed by atoms with van der Waals surface area (Å²) in [5.74, 6) is 0.592. The average molecular weight is 493 g/mol. The van der Waals surface area contributed by atoms with Gasteiger partial charge in [-0.05, 0) is 55.0 Å². The molecule has 1 N–H and O–H groups in total. The number of piperidine rings is 1. The molecule has 0 bridgehead atoms. The number of rotatable bonds is 5. The lowest BCUT2D eigenvalue weighted by Crippen LogP contribution is -2.42. The van der Waals surface area contributed by atoms with Crippen LogP contribution in [0, 0.1) is 12.8 Å². The van der Waals surface area contributed by atoms with E-state index in [-0.39, 0.29) is 17.4 Å². The Hall–Kier alpha value is -3.16. The molecule has 1 saturated heterocycles. The van der Waals surface area contributed by atoms with Crippen molar-refractivity contribution in [1.29, 1.82) is 0 Å². The van der Waals surface area contributed by atoms with Crippen molar-refractivity contribution >= 4 is 45.0 Å². The van der Waals surface area contributed by atoms with E-state index in [0.29, 0.717) is 53.7 Å². The molecule has 0 radical (unpaired) electrons. The van der Waals surface area contributed by atoms with Gasteiger partial charge in [0.25, 0.3) is 5.56 Å². The van der Waals surface area contributed by atoms with Crippen LogP contribution in [0.15, 0.2) is 64.8 Å². The highest BCUT2D eigenvalue weighted by molar-refractivity contribution is 7.17. The monoisotopic (exact) mass is 492 g/mol. The molecule has 1 fully saturated rings. The smallest absolute Gasteiger partial charge is 0.277 e. The molecule has 5 rings (SSSR count). The van der Waals surface area contributed by atoms with Crippen LogP contribution >= 0.6 is 22.9 Å². The molecule has 0 aliphatic carbocycles. The first-order chi connectivity index (χ1) is 16.5. The maximum Gasteiger partial charge on any atom is 0.277 e. The molecule has 0 unspecified atom stereocenters. The maximum absolute atomic E-state index is 13.4. The van der Waals surface area contributed by atoms with E-state index in [1.165, 1.54) is 11.3 Å². The summed E-state index contributed by atoms with van der Waals surface area (Å²) < 4.78 is 2.36. The summed E-state index contributed by atoms with van der Waals surface area (Å²) in [5.41, 5.74) is 3.50. The fourth-order valence-electron chi connectivity index (χ4n) is 4.35. The number of carbonyl (C=O) groups is 1. The predicted octanol–water partition coefficient (Wildman–Crippen LogP) is 4.94. The molecule has 34 heavy (non-hydrogen) atoms. The Morgan fingerprint density at radius 3 is 2.59 bits per heavy atom. The minimum absolute atomic E-state index is 0.0386. The first kappa shape index (κ1) is 22.6. The highest BCUT2D eigenvalue weighted by atomic mass is 35.5. The molecule has 4 aromatic rings. The number of hydrogen-bond acceptors (Lipinski definition) is 5. The Bertz CT molecular complexity index is 1390. The summed E-state index contributed by atoms with van der Waals surface area (Å²) in [6.45, 7) is 3.74. The van der Waals surface area contributed by atoms with Gasteiger partial charge in [0.05, 0.1) is 11.2 Å². The number of carbonyl (C=O) groups excluding carboxylic acids is 1. The van der Waals surface area contributed by atoms with E-state index in [4.69, 9.17) is 16.6 Å². The van der Waals surface area contributed by atoms with Gasteiger partial charge in [0, 0.05) is 30.6 Å². The van der Waals surface area contributed by atoms with Crippen molar-refractivity contribution in [1.82, 2.24) is 14.9 Å². The first-order valence-electron chi connectivity index (χ1n) is 11.3. The highest BCUT2D eigenvalue weighted by Crippen LogP contribution is 2.27. The predicted molar refractivity (Wildman–Crippen MR) is 138 cm³/mol. The summed E-state index contributed by atoms with van der Waals surface area (Å²) in [6.07, 6.45) is 1.39. The normalized spacial score (nSPS) is 14.5. The van der Waals surface area contributed by atoms with Crippen molar-refractivity contribution in [3.8, 4) is 5.69 Å². The molecule has 1 aliphatic rings. The summed E-state index contributed by atoms with van der Waals surface area (Å²) in [6, 6.07) is 17.3. The second-order valence-electron chi connectivity index (χ2n) is 8.59. The number of amides is 1. The van der Waals surface area contributed by atoms with Crippen molar-refractivity contribution in [2.75, 3.05) is 18.0 Å². The zero-order valence-corrected chi connectivity index (χ0v) is 20.4. The minimum atomic E-state index is -0.0804. The van der Waals surface area contributed by atoms with E-state index in [1.807, 2.05) is 66.9 Å². The quantitative estimate of drug-likeness (QED) is 0.428. The van der Waals surface area contributed by atoms with Crippen LogP contribution in [0.25, 0.3) is 15.9 Å². The van der Waals surface area contributed by atoms with Gasteiger partial charge in [0.1, 0.15) is 4.70 Å². The number of nitrogens with zero attached hydrogens (tertiary/aromatic N) is 3. The van der Waals surface area contributed by atoms with Gasteiger partial charge in [0.15, 0.2) is 0 Å². The molecule has 0 atom stereocenters. The lowest BCUT2D eigenvalue weighted by Gasteiger charge is -2.33. The number of halogens is 1. The van der Waals surface area contributed by atoms with Crippen molar-refractivity contribution in [3.63, 3.8) is 0 Å². The number of hydrogen-bond donors (Lipinski definition) is 1. The zero-order chi connectivity index (χ0) is 23.7. The summed E-state index contributed by atoms with van der Waals surface area (Å²) >= 11 is 7.62. The summed E-state index contributed by atoms with van der Waals surface area (Å²) in [7, 11) is 0. The van der Waals surface area contributed by atoms with Crippen LogP contribution in [0.1, 0.15) is 24.0 Å². The van der Waals surface area contributed by atoms with Crippen LogP contribution in [0.3, 0.4) is 0 Å². The van der Waals surface area contributed by atoms with Crippen molar-refractivity contribution in [3.05, 3.63) is 86.5 Å². The van der Waals surface area contributed by atoms with E-state index in [1.54, 1.807) is 4.57 Å². The van der Waals surface area contributed by atoms with E-state index in [2.05, 4.69) is 10.2 Å². The zero-order valence-electron chi connectivity index (χ0n) is 18.8. The number of nitrogens with one attached hydrogen (secondary N) is 1. The summed E-state index contributed by atoms with van der Waals surface area (Å²) in [5, 5.41) is 5.58. The third-order valence-corrected chi connectivity index (χ3v) is 7.57. The van der Waals surface area contributed by atoms with Crippen LogP contribution in [-0.4, -0.2) is 28.5 Å². The van der Waals surface area contributed by atoms with Crippen LogP contribution in [-0.2, 0) is 11.3 Å². The molecular weight excluding hydrogens is 468 g/mol. The van der Waals surface area contributed by atoms with E-state index >= 15 is 0 Å². The molecule has 1 amide bonds. The van der Waals surface area contributed by atoms with Crippen LogP contribution in [0.2, 0.25) is 5.02 Å². The SMILES string of the molecule is Cc1ccc(-n2c(N3CCC(C(=O)NCc4ccccc4Cl)CC3)nc3ccsc3c2=O)cc1. The van der Waals surface area contributed by atoms with Gasteiger partial charge in [-0.25, -0.2) is 9.55 Å². The lowest BCUT2D eigenvalue weighted by molar-refractivity contribution is -0.125.